The van der Waals surface area contributed by atoms with Gasteiger partial charge in [-0.3, -0.25) is 0 Å². The molecule has 0 radical (unpaired) electrons. The van der Waals surface area contributed by atoms with Crippen molar-refractivity contribution in [1.82, 2.24) is 0 Å². The van der Waals surface area contributed by atoms with Gasteiger partial charge in [0.1, 0.15) is 5.75 Å². The van der Waals surface area contributed by atoms with Crippen LogP contribution in [0.15, 0.2) is 24.3 Å². The van der Waals surface area contributed by atoms with E-state index in [9.17, 15) is 5.11 Å². The number of rotatable bonds is 3. The van der Waals surface area contributed by atoms with E-state index in [0.717, 1.165) is 30.6 Å². The van der Waals surface area contributed by atoms with Crippen LogP contribution in [0.4, 0.5) is 0 Å². The molecule has 2 saturated carbocycles. The molecule has 18 heavy (non-hydrogen) atoms. The van der Waals surface area contributed by atoms with Gasteiger partial charge in [0.2, 0.25) is 0 Å². The molecule has 0 amide bonds. The molecule has 2 aliphatic rings. The maximum Gasteiger partial charge on any atom is 0.120 e. The van der Waals surface area contributed by atoms with Crippen LogP contribution in [0.1, 0.15) is 51.0 Å². The molecule has 98 valence electrons. The van der Waals surface area contributed by atoms with Crippen molar-refractivity contribution < 1.29 is 9.84 Å². The summed E-state index contributed by atoms with van der Waals surface area (Å²) in [6.07, 6.45) is 6.87. The van der Waals surface area contributed by atoms with Gasteiger partial charge in [0.15, 0.2) is 0 Å². The highest BCUT2D eigenvalue weighted by atomic mass is 16.5. The topological polar surface area (TPSA) is 29.5 Å². The lowest BCUT2D eigenvalue weighted by molar-refractivity contribution is -0.0180. The first kappa shape index (κ1) is 12.0. The van der Waals surface area contributed by atoms with Crippen molar-refractivity contribution in [3.05, 3.63) is 29.8 Å². The van der Waals surface area contributed by atoms with E-state index in [4.69, 9.17) is 4.74 Å². The lowest BCUT2D eigenvalue weighted by atomic mass is 9.75. The fraction of sp³-hybridized carbons (Fsp3) is 0.625. The Morgan fingerprint density at radius 3 is 2.83 bits per heavy atom. The van der Waals surface area contributed by atoms with Gasteiger partial charge in [-0.25, -0.2) is 0 Å². The van der Waals surface area contributed by atoms with E-state index in [1.165, 1.54) is 19.3 Å². The van der Waals surface area contributed by atoms with Crippen molar-refractivity contribution >= 4 is 0 Å². The van der Waals surface area contributed by atoms with Crippen LogP contribution in [0, 0.1) is 5.92 Å². The van der Waals surface area contributed by atoms with Crippen LogP contribution in [0.25, 0.3) is 0 Å². The van der Waals surface area contributed by atoms with Crippen LogP contribution >= 0.6 is 0 Å². The van der Waals surface area contributed by atoms with Gasteiger partial charge in [0.25, 0.3) is 0 Å². The number of hydrogen-bond acceptors (Lipinski definition) is 2. The second-order valence-electron chi connectivity index (χ2n) is 6.08. The fourth-order valence-corrected chi connectivity index (χ4v) is 3.02. The number of ether oxygens (including phenoxy) is 1. The monoisotopic (exact) mass is 246 g/mol. The number of hydrogen-bond donors (Lipinski definition) is 1. The van der Waals surface area contributed by atoms with E-state index >= 15 is 0 Å². The summed E-state index contributed by atoms with van der Waals surface area (Å²) in [5.74, 6) is 1.53. The summed E-state index contributed by atoms with van der Waals surface area (Å²) in [6, 6.07) is 8.08. The van der Waals surface area contributed by atoms with Gasteiger partial charge in [-0.15, -0.1) is 0 Å². The zero-order valence-corrected chi connectivity index (χ0v) is 11.1. The molecular weight excluding hydrogens is 224 g/mol. The van der Waals surface area contributed by atoms with Gasteiger partial charge in [0.05, 0.1) is 11.7 Å². The third kappa shape index (κ3) is 2.54. The maximum absolute atomic E-state index is 10.8. The molecule has 2 heteroatoms. The van der Waals surface area contributed by atoms with E-state index in [-0.39, 0.29) is 0 Å². The van der Waals surface area contributed by atoms with Gasteiger partial charge >= 0.3 is 0 Å². The lowest BCUT2D eigenvalue weighted by Gasteiger charge is -2.36. The predicted octanol–water partition coefficient (Wildman–Crippen LogP) is 3.63. The van der Waals surface area contributed by atoms with E-state index in [2.05, 4.69) is 6.92 Å². The smallest absolute Gasteiger partial charge is 0.120 e. The van der Waals surface area contributed by atoms with Crippen LogP contribution in [0.5, 0.6) is 5.75 Å². The van der Waals surface area contributed by atoms with Gasteiger partial charge in [-0.1, -0.05) is 25.5 Å². The van der Waals surface area contributed by atoms with Crippen LogP contribution in [-0.2, 0) is 5.60 Å². The van der Waals surface area contributed by atoms with Crippen LogP contribution in [-0.4, -0.2) is 11.2 Å². The van der Waals surface area contributed by atoms with Crippen molar-refractivity contribution in [3.63, 3.8) is 0 Å². The predicted molar refractivity (Wildman–Crippen MR) is 71.6 cm³/mol. The van der Waals surface area contributed by atoms with Crippen LogP contribution in [0.2, 0.25) is 0 Å². The summed E-state index contributed by atoms with van der Waals surface area (Å²) in [5, 5.41) is 10.8. The summed E-state index contributed by atoms with van der Waals surface area (Å²) >= 11 is 0. The van der Waals surface area contributed by atoms with Gasteiger partial charge in [-0.05, 0) is 55.7 Å². The Balaban J connectivity index is 1.81. The van der Waals surface area contributed by atoms with Crippen LogP contribution in [0.3, 0.4) is 0 Å². The minimum absolute atomic E-state index is 0.417. The highest BCUT2D eigenvalue weighted by molar-refractivity contribution is 5.33. The molecule has 2 aliphatic carbocycles. The second-order valence-corrected chi connectivity index (χ2v) is 6.08. The first-order valence-electron chi connectivity index (χ1n) is 7.15. The molecule has 2 atom stereocenters. The summed E-state index contributed by atoms with van der Waals surface area (Å²) in [4.78, 5) is 0. The molecule has 0 spiro atoms. The molecule has 0 aliphatic heterocycles. The van der Waals surface area contributed by atoms with Crippen molar-refractivity contribution in [1.29, 1.82) is 0 Å². The molecule has 0 aromatic heterocycles. The van der Waals surface area contributed by atoms with E-state index < -0.39 is 5.60 Å². The number of aliphatic hydroxyl groups is 1. The molecule has 1 N–H and O–H groups in total. The summed E-state index contributed by atoms with van der Waals surface area (Å²) in [7, 11) is 0. The first-order valence-corrected chi connectivity index (χ1v) is 7.15. The molecular formula is C16H22O2. The highest BCUT2D eigenvalue weighted by Gasteiger charge is 2.34. The Morgan fingerprint density at radius 2 is 2.11 bits per heavy atom. The average molecular weight is 246 g/mol. The van der Waals surface area contributed by atoms with Crippen molar-refractivity contribution in [2.45, 2.75) is 57.2 Å². The highest BCUT2D eigenvalue weighted by Crippen LogP contribution is 2.41. The molecule has 3 rings (SSSR count). The molecule has 0 saturated heterocycles. The molecule has 2 nitrogen and oxygen atoms in total. The largest absolute Gasteiger partial charge is 0.490 e. The Kier molecular flexibility index (Phi) is 3.06. The Bertz CT molecular complexity index is 425. The zero-order chi connectivity index (χ0) is 12.6. The molecule has 1 aromatic rings. The summed E-state index contributed by atoms with van der Waals surface area (Å²) in [6.45, 7) is 2.23. The fourth-order valence-electron chi connectivity index (χ4n) is 3.02. The molecule has 2 fully saturated rings. The van der Waals surface area contributed by atoms with Crippen molar-refractivity contribution in [3.8, 4) is 5.75 Å². The Labute approximate surface area is 109 Å². The molecule has 1 aromatic carbocycles. The van der Waals surface area contributed by atoms with Crippen molar-refractivity contribution in [2.75, 3.05) is 0 Å². The summed E-state index contributed by atoms with van der Waals surface area (Å²) < 4.78 is 5.82. The van der Waals surface area contributed by atoms with Gasteiger partial charge in [0, 0.05) is 0 Å². The minimum Gasteiger partial charge on any atom is -0.490 e. The van der Waals surface area contributed by atoms with Crippen molar-refractivity contribution in [2.24, 2.45) is 5.92 Å². The third-order valence-electron chi connectivity index (χ3n) is 4.17. The Morgan fingerprint density at radius 1 is 1.28 bits per heavy atom. The molecule has 2 unspecified atom stereocenters. The average Bonchev–Trinajstić information content (AvgIpc) is 3.13. The molecule has 0 bridgehead atoms. The van der Waals surface area contributed by atoms with E-state index in [0.29, 0.717) is 12.0 Å². The lowest BCUT2D eigenvalue weighted by Crippen LogP contribution is -2.31. The third-order valence-corrected chi connectivity index (χ3v) is 4.17. The van der Waals surface area contributed by atoms with Crippen LogP contribution < -0.4 is 4.74 Å². The second kappa shape index (κ2) is 4.58. The molecule has 0 heterocycles. The van der Waals surface area contributed by atoms with E-state index in [1.807, 2.05) is 24.3 Å². The zero-order valence-electron chi connectivity index (χ0n) is 11.1. The number of benzene rings is 1. The van der Waals surface area contributed by atoms with E-state index in [1.54, 1.807) is 0 Å². The SMILES string of the molecule is CC1CCCC(O)(c2cccc(OC3CC3)c2)C1. The first-order chi connectivity index (χ1) is 8.66. The van der Waals surface area contributed by atoms with Gasteiger partial charge < -0.3 is 9.84 Å². The minimum atomic E-state index is -0.638. The maximum atomic E-state index is 10.8. The quantitative estimate of drug-likeness (QED) is 0.882. The standard InChI is InChI=1S/C16H22O2/c1-12-4-3-9-16(17,11-12)13-5-2-6-15(10-13)18-14-7-8-14/h2,5-6,10,12,14,17H,3-4,7-9,11H2,1H3. The Hall–Kier alpha value is -1.02. The van der Waals surface area contributed by atoms with Gasteiger partial charge in [-0.2, -0.15) is 0 Å². The summed E-state index contributed by atoms with van der Waals surface area (Å²) in [5.41, 5.74) is 0.396. The normalized spacial score (nSPS) is 32.2.